The first-order valence-corrected chi connectivity index (χ1v) is 3.74. The van der Waals surface area contributed by atoms with Crippen molar-refractivity contribution in [3.05, 3.63) is 0 Å². The molecule has 0 unspecified atom stereocenters. The van der Waals surface area contributed by atoms with Crippen LogP contribution >= 0.6 is 0 Å². The van der Waals surface area contributed by atoms with E-state index in [1.807, 2.05) is 0 Å². The zero-order chi connectivity index (χ0) is 14.0. The Balaban J connectivity index is -0.0000000629. The molecule has 0 aliphatic rings. The van der Waals surface area contributed by atoms with Crippen LogP contribution in [0.4, 0.5) is 0 Å². The molecular formula is H11B5KNaO12. The van der Waals surface area contributed by atoms with Crippen molar-refractivity contribution in [2.24, 2.45) is 0 Å². The molecular weight excluding hydrogens is 308 g/mol. The molecule has 100 valence electrons. The third-order valence-electron chi connectivity index (χ3n) is 0.698. The van der Waals surface area contributed by atoms with Gasteiger partial charge in [0.1, 0.15) is 0 Å². The predicted octanol–water partition coefficient (Wildman–Crippen LogP) is -12.9. The second-order valence-electron chi connectivity index (χ2n) is 2.02. The van der Waals surface area contributed by atoms with E-state index in [2.05, 4.69) is 13.7 Å². The van der Waals surface area contributed by atoms with Crippen LogP contribution in [0.1, 0.15) is 2.85 Å². The second kappa shape index (κ2) is 18.5. The summed E-state index contributed by atoms with van der Waals surface area (Å²) in [4.78, 5) is 0. The largest absolute Gasteiger partial charge is 1.00 e. The molecule has 0 heterocycles. The molecule has 19 heavy (non-hydrogen) atoms. The van der Waals surface area contributed by atoms with Gasteiger partial charge in [-0.2, -0.15) is 0 Å². The first-order chi connectivity index (χ1) is 7.65. The van der Waals surface area contributed by atoms with Gasteiger partial charge in [-0.15, -0.1) is 0 Å². The summed E-state index contributed by atoms with van der Waals surface area (Å²) in [6.07, 6.45) is 0. The SMILES string of the molecule is OB(O)O.OB(O)OB(OB(O)O)OB(O)O.[H-].[H-].[K+].[Na+]. The standard InChI is InChI=1S/B4H6O9.BH3O3.K.Na.2H/c5-1(6)11-4(12-2(7)8)13-3(9)10;2-1(3)4;;;;/h5-10H;2-4H;;;;/q;;2*+1;2*-1. The van der Waals surface area contributed by atoms with E-state index in [1.54, 1.807) is 0 Å². The van der Waals surface area contributed by atoms with E-state index in [9.17, 15) is 0 Å². The molecule has 0 aromatic rings. The van der Waals surface area contributed by atoms with Gasteiger partial charge in [0.05, 0.1) is 0 Å². The number of hydrogen-bond donors (Lipinski definition) is 9. The van der Waals surface area contributed by atoms with Crippen LogP contribution in [0.3, 0.4) is 0 Å². The average Bonchev–Trinajstić information content (AvgIpc) is 1.96. The van der Waals surface area contributed by atoms with Crippen molar-refractivity contribution in [1.29, 1.82) is 0 Å². The normalized spacial score (nSPS) is 8.05. The van der Waals surface area contributed by atoms with E-state index in [0.29, 0.717) is 0 Å². The summed E-state index contributed by atoms with van der Waals surface area (Å²) in [5, 5.41) is 70.7. The maximum absolute atomic E-state index is 8.20. The topological polar surface area (TPSA) is 210 Å². The van der Waals surface area contributed by atoms with Crippen molar-refractivity contribution < 1.29 is 143 Å². The van der Waals surface area contributed by atoms with Gasteiger partial charge in [0.15, 0.2) is 0 Å². The van der Waals surface area contributed by atoms with Gasteiger partial charge in [0.25, 0.3) is 0 Å². The zero-order valence-electron chi connectivity index (χ0n) is 12.1. The van der Waals surface area contributed by atoms with E-state index in [4.69, 9.17) is 45.2 Å². The summed E-state index contributed by atoms with van der Waals surface area (Å²) in [6, 6.07) is 0. The first kappa shape index (κ1) is 29.5. The number of rotatable bonds is 6. The van der Waals surface area contributed by atoms with Gasteiger partial charge in [-0.05, 0) is 0 Å². The van der Waals surface area contributed by atoms with Gasteiger partial charge in [0, 0.05) is 0 Å². The smallest absolute Gasteiger partial charge is 1.00 e. The van der Waals surface area contributed by atoms with E-state index in [0.717, 1.165) is 0 Å². The second-order valence-corrected chi connectivity index (χ2v) is 2.02. The molecule has 19 heteroatoms. The van der Waals surface area contributed by atoms with Crippen molar-refractivity contribution in [2.75, 3.05) is 0 Å². The van der Waals surface area contributed by atoms with Crippen LogP contribution < -0.4 is 80.9 Å². The minimum absolute atomic E-state index is 0. The van der Waals surface area contributed by atoms with Crippen LogP contribution in [-0.2, 0) is 13.7 Å². The molecule has 12 nitrogen and oxygen atoms in total. The van der Waals surface area contributed by atoms with Crippen LogP contribution in [0.5, 0.6) is 0 Å². The molecule has 0 atom stereocenters. The van der Waals surface area contributed by atoms with Crippen LogP contribution in [0.15, 0.2) is 0 Å². The van der Waals surface area contributed by atoms with Gasteiger partial charge < -0.3 is 61.8 Å². The number of hydrogen-bond acceptors (Lipinski definition) is 12. The Morgan fingerprint density at radius 2 is 0.737 bits per heavy atom. The van der Waals surface area contributed by atoms with Crippen LogP contribution in [0.2, 0.25) is 0 Å². The molecule has 0 spiro atoms. The molecule has 0 rings (SSSR count). The Kier molecular flexibility index (Phi) is 28.8. The van der Waals surface area contributed by atoms with E-state index >= 15 is 0 Å². The molecule has 0 fully saturated rings. The third-order valence-corrected chi connectivity index (χ3v) is 0.698. The summed E-state index contributed by atoms with van der Waals surface area (Å²) in [5.41, 5.74) is 0. The van der Waals surface area contributed by atoms with Crippen molar-refractivity contribution in [3.63, 3.8) is 0 Å². The molecule has 0 aliphatic carbocycles. The molecule has 0 aromatic carbocycles. The summed E-state index contributed by atoms with van der Waals surface area (Å²) < 4.78 is 11.7. The molecule has 0 bridgehead atoms. The van der Waals surface area contributed by atoms with E-state index in [1.165, 1.54) is 0 Å². The average molecular weight is 319 g/mol. The summed E-state index contributed by atoms with van der Waals surface area (Å²) >= 11 is 0. The molecule has 0 radical (unpaired) electrons. The molecule has 9 N–H and O–H groups in total. The van der Waals surface area contributed by atoms with Gasteiger partial charge >= 0.3 is 118 Å². The Morgan fingerprint density at radius 3 is 0.842 bits per heavy atom. The van der Waals surface area contributed by atoms with E-state index in [-0.39, 0.29) is 83.8 Å². The molecule has 0 amide bonds. The predicted molar refractivity (Wildman–Crippen MR) is 54.2 cm³/mol. The maximum atomic E-state index is 8.20. The molecule has 0 saturated carbocycles. The fourth-order valence-corrected chi connectivity index (χ4v) is 0.394. The minimum Gasteiger partial charge on any atom is -1.00 e. The Morgan fingerprint density at radius 1 is 0.579 bits per heavy atom. The first-order valence-electron chi connectivity index (χ1n) is 3.74. The van der Waals surface area contributed by atoms with Gasteiger partial charge in [-0.3, -0.25) is 0 Å². The van der Waals surface area contributed by atoms with Gasteiger partial charge in [-0.1, -0.05) is 0 Å². The Bertz CT molecular complexity index is 151. The summed E-state index contributed by atoms with van der Waals surface area (Å²) in [5.74, 6) is 0. The minimum atomic E-state index is -2.33. The van der Waals surface area contributed by atoms with Crippen LogP contribution in [-0.4, -0.2) is 81.8 Å². The third kappa shape index (κ3) is 33.4. The summed E-state index contributed by atoms with van der Waals surface area (Å²) in [7, 11) is -11.2. The maximum Gasteiger partial charge on any atom is 1.00 e. The molecule has 0 saturated heterocycles. The van der Waals surface area contributed by atoms with Crippen molar-refractivity contribution in [2.45, 2.75) is 0 Å². The van der Waals surface area contributed by atoms with Crippen molar-refractivity contribution >= 4 is 36.6 Å². The Labute approximate surface area is 177 Å². The monoisotopic (exact) mass is 320 g/mol. The summed E-state index contributed by atoms with van der Waals surface area (Å²) in [6.45, 7) is 0. The van der Waals surface area contributed by atoms with Gasteiger partial charge in [0.2, 0.25) is 0 Å². The van der Waals surface area contributed by atoms with Crippen molar-refractivity contribution in [3.8, 4) is 0 Å². The fourth-order valence-electron chi connectivity index (χ4n) is 0.394. The molecule has 0 aliphatic heterocycles. The van der Waals surface area contributed by atoms with Crippen LogP contribution in [0.25, 0.3) is 0 Å². The van der Waals surface area contributed by atoms with E-state index < -0.39 is 36.6 Å². The quantitative estimate of drug-likeness (QED) is 0.209. The fraction of sp³-hybridized carbons (Fsp3) is 0. The van der Waals surface area contributed by atoms with Crippen LogP contribution in [0, 0.1) is 0 Å². The molecule has 0 aromatic heterocycles. The Hall–Kier alpha value is 2.48. The van der Waals surface area contributed by atoms with Crippen molar-refractivity contribution in [1.82, 2.24) is 0 Å². The van der Waals surface area contributed by atoms with Gasteiger partial charge in [-0.25, -0.2) is 0 Å². The zero-order valence-corrected chi connectivity index (χ0v) is 15.3.